The molecule has 0 aliphatic carbocycles. The summed E-state index contributed by atoms with van der Waals surface area (Å²) >= 11 is 12.6. The molecule has 5 unspecified atom stereocenters. The number of hydrogen-bond acceptors (Lipinski definition) is 10. The van der Waals surface area contributed by atoms with Gasteiger partial charge in [-0.25, -0.2) is 0 Å². The number of carbonyl (C=O) groups excluding carboxylic acids is 1. The third kappa shape index (κ3) is 5.80. The number of phenolic OH excluding ortho intramolecular Hbond substituents is 3. The number of aliphatic hydroxyl groups excluding tert-OH is 4. The van der Waals surface area contributed by atoms with Crippen molar-refractivity contribution >= 4 is 69.5 Å². The van der Waals surface area contributed by atoms with Crippen LogP contribution in [0.15, 0.2) is 30.0 Å². The summed E-state index contributed by atoms with van der Waals surface area (Å²) < 4.78 is 11.4. The number of benzene rings is 2. The van der Waals surface area contributed by atoms with Crippen molar-refractivity contribution in [2.45, 2.75) is 43.5 Å². The molecule has 1 aliphatic rings. The van der Waals surface area contributed by atoms with Gasteiger partial charge in [0.05, 0.1) is 15.6 Å². The molecule has 0 bridgehead atoms. The highest BCUT2D eigenvalue weighted by Gasteiger charge is 2.45. The largest absolute Gasteiger partial charge is 0.506 e. The Morgan fingerprint density at radius 2 is 1.49 bits per heavy atom. The lowest BCUT2D eigenvalue weighted by atomic mass is 9.99. The van der Waals surface area contributed by atoms with Gasteiger partial charge in [-0.15, -0.1) is 0 Å². The Morgan fingerprint density at radius 1 is 0.886 bits per heavy atom. The maximum Gasteiger partial charge on any atom is 0.229 e. The first-order chi connectivity index (χ1) is 16.4. The Kier molecular flexibility index (Phi) is 9.48. The zero-order valence-corrected chi connectivity index (χ0v) is 23.9. The molecule has 1 fully saturated rings. The first-order valence-electron chi connectivity index (χ1n) is 9.99. The van der Waals surface area contributed by atoms with E-state index in [1.54, 1.807) is 12.1 Å². The Balaban J connectivity index is 1.95. The van der Waals surface area contributed by atoms with Crippen molar-refractivity contribution in [1.82, 2.24) is 0 Å². The van der Waals surface area contributed by atoms with E-state index in [4.69, 9.17) is 9.47 Å². The molecule has 10 nitrogen and oxygen atoms in total. The van der Waals surface area contributed by atoms with E-state index in [-0.39, 0.29) is 38.8 Å². The van der Waals surface area contributed by atoms with Gasteiger partial charge in [0, 0.05) is 6.42 Å². The normalized spacial score (nSPS) is 24.4. The lowest BCUT2D eigenvalue weighted by Gasteiger charge is -2.39. The molecule has 0 radical (unpaired) electrons. The second-order valence-corrected chi connectivity index (χ2v) is 11.0. The number of phenols is 3. The quantitative estimate of drug-likeness (QED) is 0.208. The van der Waals surface area contributed by atoms with Crippen LogP contribution in [0.1, 0.15) is 22.3 Å². The molecule has 0 saturated carbocycles. The molecule has 2 aromatic carbocycles. The highest BCUT2D eigenvalue weighted by atomic mass is 79.9. The van der Waals surface area contributed by atoms with Crippen molar-refractivity contribution in [3.63, 3.8) is 0 Å². The van der Waals surface area contributed by atoms with Crippen LogP contribution in [0, 0.1) is 0 Å². The van der Waals surface area contributed by atoms with Crippen molar-refractivity contribution < 1.29 is 50.0 Å². The van der Waals surface area contributed by atoms with E-state index >= 15 is 0 Å². The number of Topliss-reactive ketones (excluding diaryl/α,β-unsaturated/α-hetero) is 1. The third-order valence-corrected chi connectivity index (χ3v) is 8.06. The number of hydrogen-bond donors (Lipinski definition) is 7. The Bertz CT molecular complexity index is 1100. The summed E-state index contributed by atoms with van der Waals surface area (Å²) in [5.41, 5.74) is 0.332. The lowest BCUT2D eigenvalue weighted by molar-refractivity contribution is -0.277. The van der Waals surface area contributed by atoms with Gasteiger partial charge < -0.3 is 45.2 Å². The van der Waals surface area contributed by atoms with Crippen LogP contribution in [0.2, 0.25) is 0 Å². The fourth-order valence-corrected chi connectivity index (χ4v) is 5.87. The van der Waals surface area contributed by atoms with E-state index < -0.39 is 54.6 Å². The third-order valence-electron chi connectivity index (χ3n) is 5.37. The number of halogens is 4. The van der Waals surface area contributed by atoms with Crippen LogP contribution in [0.25, 0.3) is 0 Å². The van der Waals surface area contributed by atoms with Crippen molar-refractivity contribution in [3.8, 4) is 23.0 Å². The van der Waals surface area contributed by atoms with E-state index in [1.807, 2.05) is 0 Å². The summed E-state index contributed by atoms with van der Waals surface area (Å²) in [6.45, 7) is -0.702. The van der Waals surface area contributed by atoms with Gasteiger partial charge in [0.25, 0.3) is 0 Å². The summed E-state index contributed by atoms with van der Waals surface area (Å²) in [5.74, 6) is -2.14. The maximum absolute atomic E-state index is 13.2. The number of aromatic hydroxyl groups is 3. The van der Waals surface area contributed by atoms with Crippen LogP contribution in [0.5, 0.6) is 23.0 Å². The van der Waals surface area contributed by atoms with E-state index in [0.29, 0.717) is 14.5 Å². The molecule has 1 aliphatic heterocycles. The van der Waals surface area contributed by atoms with Crippen molar-refractivity contribution in [3.05, 3.63) is 41.2 Å². The molecule has 0 spiro atoms. The van der Waals surface area contributed by atoms with Gasteiger partial charge in [-0.3, -0.25) is 4.79 Å². The standard InChI is InChI=1S/C21H20Br4O10/c22-7-3-6(4-8(23)14(7)28)1-2-9(27)11-16(30)12(24)17(31)13(25)20(11)35-21-19(33)18(32)15(29)10(5-26)34-21/h3-4,10,15,18-19,21,26,28-33H,1-2,5H2. The molecule has 35 heavy (non-hydrogen) atoms. The Hall–Kier alpha value is -0.970. The molecular weight excluding hydrogens is 732 g/mol. The predicted molar refractivity (Wildman–Crippen MR) is 136 cm³/mol. The van der Waals surface area contributed by atoms with E-state index in [2.05, 4.69) is 63.7 Å². The summed E-state index contributed by atoms with van der Waals surface area (Å²) in [4.78, 5) is 13.2. The zero-order valence-electron chi connectivity index (χ0n) is 17.5. The Morgan fingerprint density at radius 3 is 2.06 bits per heavy atom. The molecule has 2 aromatic rings. The highest BCUT2D eigenvalue weighted by Crippen LogP contribution is 2.49. The molecule has 0 aromatic heterocycles. The fraction of sp³-hybridized carbons (Fsp3) is 0.381. The molecule has 5 atom stereocenters. The monoisotopic (exact) mass is 748 g/mol. The number of ketones is 1. The van der Waals surface area contributed by atoms with E-state index in [1.165, 1.54) is 0 Å². The predicted octanol–water partition coefficient (Wildman–Crippen LogP) is 2.85. The SMILES string of the molecule is O=C(CCc1cc(Br)c(O)c(Br)c1)c1c(O)c(Br)c(O)c(Br)c1OC1OC(CO)C(O)C(O)C1O. The van der Waals surface area contributed by atoms with Gasteiger partial charge >= 0.3 is 0 Å². The van der Waals surface area contributed by atoms with Gasteiger partial charge in [0.2, 0.25) is 6.29 Å². The first-order valence-corrected chi connectivity index (χ1v) is 13.2. The molecule has 192 valence electrons. The number of rotatable bonds is 7. The van der Waals surface area contributed by atoms with Gasteiger partial charge in [-0.05, 0) is 87.8 Å². The smallest absolute Gasteiger partial charge is 0.229 e. The van der Waals surface area contributed by atoms with Crippen LogP contribution < -0.4 is 4.74 Å². The van der Waals surface area contributed by atoms with Crippen LogP contribution in [0.3, 0.4) is 0 Å². The minimum absolute atomic E-state index is 0.000619. The molecule has 7 N–H and O–H groups in total. The van der Waals surface area contributed by atoms with Gasteiger partial charge in [-0.2, -0.15) is 0 Å². The van der Waals surface area contributed by atoms with Crippen LogP contribution in [0.4, 0.5) is 0 Å². The molecule has 14 heteroatoms. The fourth-order valence-electron chi connectivity index (χ4n) is 3.44. The van der Waals surface area contributed by atoms with Gasteiger partial charge in [-0.1, -0.05) is 0 Å². The second kappa shape index (κ2) is 11.6. The number of aryl methyl sites for hydroxylation is 1. The average molecular weight is 752 g/mol. The van der Waals surface area contributed by atoms with E-state index in [0.717, 1.165) is 0 Å². The molecular formula is C21H20Br4O10. The van der Waals surface area contributed by atoms with Crippen LogP contribution >= 0.6 is 63.7 Å². The van der Waals surface area contributed by atoms with Gasteiger partial charge in [0.1, 0.15) is 50.4 Å². The molecule has 1 heterocycles. The van der Waals surface area contributed by atoms with Crippen molar-refractivity contribution in [2.75, 3.05) is 6.61 Å². The van der Waals surface area contributed by atoms with Crippen molar-refractivity contribution in [2.24, 2.45) is 0 Å². The van der Waals surface area contributed by atoms with E-state index in [9.17, 15) is 40.5 Å². The minimum Gasteiger partial charge on any atom is -0.506 e. The van der Waals surface area contributed by atoms with Crippen LogP contribution in [-0.2, 0) is 11.2 Å². The summed E-state index contributed by atoms with van der Waals surface area (Å²) in [6.07, 6.45) is -8.04. The number of ether oxygens (including phenoxy) is 2. The van der Waals surface area contributed by atoms with Gasteiger partial charge in [0.15, 0.2) is 17.3 Å². The molecule has 3 rings (SSSR count). The second-order valence-electron chi connectivity index (χ2n) is 7.68. The number of carbonyl (C=O) groups is 1. The van der Waals surface area contributed by atoms with Crippen LogP contribution in [-0.4, -0.2) is 78.8 Å². The lowest BCUT2D eigenvalue weighted by Crippen LogP contribution is -2.60. The Labute approximate surface area is 232 Å². The summed E-state index contributed by atoms with van der Waals surface area (Å²) in [5, 5.41) is 70.6. The topological polar surface area (TPSA) is 177 Å². The highest BCUT2D eigenvalue weighted by molar-refractivity contribution is 9.11. The maximum atomic E-state index is 13.2. The summed E-state index contributed by atoms with van der Waals surface area (Å²) in [6, 6.07) is 3.25. The minimum atomic E-state index is -1.79. The molecule has 1 saturated heterocycles. The number of aliphatic hydroxyl groups is 4. The first kappa shape index (κ1) is 28.6. The average Bonchev–Trinajstić information content (AvgIpc) is 2.83. The van der Waals surface area contributed by atoms with Crippen molar-refractivity contribution in [1.29, 1.82) is 0 Å². The summed E-state index contributed by atoms with van der Waals surface area (Å²) in [7, 11) is 0. The molecule has 0 amide bonds. The zero-order chi connectivity index (χ0) is 26.2.